The first-order chi connectivity index (χ1) is 19.8. The molecule has 0 saturated carbocycles. The van der Waals surface area contributed by atoms with Gasteiger partial charge in [-0.1, -0.05) is 24.3 Å². The maximum absolute atomic E-state index is 11.0. The van der Waals surface area contributed by atoms with Gasteiger partial charge in [-0.05, 0) is 11.1 Å². The minimum atomic E-state index is -0.386. The van der Waals surface area contributed by atoms with E-state index in [0.29, 0.717) is 32.7 Å². The Bertz CT molecular complexity index is 1140. The van der Waals surface area contributed by atoms with E-state index in [9.17, 15) is 20.2 Å². The predicted octanol–water partition coefficient (Wildman–Crippen LogP) is -0.536. The summed E-state index contributed by atoms with van der Waals surface area (Å²) >= 11 is 0. The molecule has 0 aromatic heterocycles. The van der Waals surface area contributed by atoms with Gasteiger partial charge in [0.1, 0.15) is 0 Å². The van der Waals surface area contributed by atoms with Crippen LogP contribution < -0.4 is 37.6 Å². The van der Waals surface area contributed by atoms with Crippen LogP contribution in [0.4, 0.5) is 11.4 Å². The second kappa shape index (κ2) is 14.7. The molecule has 41 heavy (non-hydrogen) atoms. The summed E-state index contributed by atoms with van der Waals surface area (Å²) in [7, 11) is 0. The van der Waals surface area contributed by atoms with E-state index in [4.69, 9.17) is 5.73 Å². The molecule has 0 bridgehead atoms. The summed E-state index contributed by atoms with van der Waals surface area (Å²) in [4.78, 5) is 23.6. The molecule has 2 aromatic carbocycles. The number of nitrogens with two attached hydrogens (primary N) is 1. The molecular weight excluding hydrogens is 528 g/mol. The van der Waals surface area contributed by atoms with Crippen molar-refractivity contribution in [1.82, 2.24) is 36.8 Å². The summed E-state index contributed by atoms with van der Waals surface area (Å²) in [5.74, 6) is 0. The van der Waals surface area contributed by atoms with Gasteiger partial charge in [-0.25, -0.2) is 0 Å². The summed E-state index contributed by atoms with van der Waals surface area (Å²) in [6, 6.07) is 13.3. The Hall–Kier alpha value is -3.08. The van der Waals surface area contributed by atoms with E-state index in [-0.39, 0.29) is 32.4 Å². The van der Waals surface area contributed by atoms with Gasteiger partial charge in [-0.15, -0.1) is 0 Å². The van der Waals surface area contributed by atoms with Crippen LogP contribution in [0.5, 0.6) is 0 Å². The molecule has 8 N–H and O–H groups in total. The number of fused-ring (bicyclic) bond motifs is 1. The van der Waals surface area contributed by atoms with Crippen molar-refractivity contribution >= 4 is 11.4 Å². The van der Waals surface area contributed by atoms with Gasteiger partial charge in [0, 0.05) is 109 Å². The van der Waals surface area contributed by atoms with Gasteiger partial charge in [0.05, 0.1) is 21.0 Å². The van der Waals surface area contributed by atoms with Crippen molar-refractivity contribution in [3.05, 3.63) is 79.9 Å². The Labute approximate surface area is 240 Å². The number of non-ortho nitro benzene ring substituents is 2. The zero-order valence-corrected chi connectivity index (χ0v) is 23.4. The standard InChI is InChI=1S/C27H42N10O4/c28-9-10-29-17-26(33-15-22-1-5-24(6-2-22)36(38)39)18-30-11-12-31-20-27(21-35(27)14-13-32-19-26)34-16-23-3-7-25(8-4-23)37(40)41/h1-8,29-34H,9-21,28H2. The average Bonchev–Trinajstić information content (AvgIpc) is 3.67. The lowest BCUT2D eigenvalue weighted by atomic mass is 9.97. The fraction of sp³-hybridized carbons (Fsp3) is 0.556. The zero-order valence-electron chi connectivity index (χ0n) is 23.4. The summed E-state index contributed by atoms with van der Waals surface area (Å²) in [5, 5.41) is 43.7. The molecule has 0 spiro atoms. The molecule has 4 rings (SSSR count). The molecule has 14 heteroatoms. The number of hydrogen-bond donors (Lipinski definition) is 7. The minimum Gasteiger partial charge on any atom is -0.329 e. The average molecular weight is 571 g/mol. The first-order valence-corrected chi connectivity index (χ1v) is 14.1. The van der Waals surface area contributed by atoms with E-state index in [1.807, 2.05) is 0 Å². The van der Waals surface area contributed by atoms with E-state index in [1.54, 1.807) is 36.4 Å². The maximum Gasteiger partial charge on any atom is 0.269 e. The van der Waals surface area contributed by atoms with Crippen molar-refractivity contribution in [1.29, 1.82) is 0 Å². The van der Waals surface area contributed by atoms with E-state index in [2.05, 4.69) is 36.8 Å². The highest BCUT2D eigenvalue weighted by Gasteiger charge is 2.50. The topological polar surface area (TPSA) is 187 Å². The maximum atomic E-state index is 11.0. The number of rotatable bonds is 12. The Morgan fingerprint density at radius 1 is 0.805 bits per heavy atom. The van der Waals surface area contributed by atoms with Crippen LogP contribution in [-0.2, 0) is 13.1 Å². The zero-order chi connectivity index (χ0) is 29.1. The van der Waals surface area contributed by atoms with Crippen molar-refractivity contribution < 1.29 is 9.85 Å². The third-order valence-corrected chi connectivity index (χ3v) is 7.70. The third-order valence-electron chi connectivity index (χ3n) is 7.70. The largest absolute Gasteiger partial charge is 0.329 e. The van der Waals surface area contributed by atoms with E-state index in [0.717, 1.165) is 63.5 Å². The van der Waals surface area contributed by atoms with E-state index in [1.165, 1.54) is 12.1 Å². The number of benzene rings is 2. The lowest BCUT2D eigenvalue weighted by Gasteiger charge is -2.36. The third kappa shape index (κ3) is 8.95. The van der Waals surface area contributed by atoms with E-state index < -0.39 is 0 Å². The molecule has 2 heterocycles. The SMILES string of the molecule is NCCNCC1(NCc2ccc([N+](=O)[O-])cc2)CNCCNCC2(NCc3ccc([N+](=O)[O-])cc3)CN2CCNC1. The Balaban J connectivity index is 1.35. The molecule has 0 amide bonds. The van der Waals surface area contributed by atoms with Gasteiger partial charge < -0.3 is 32.3 Å². The van der Waals surface area contributed by atoms with Gasteiger partial charge in [-0.2, -0.15) is 0 Å². The highest BCUT2D eigenvalue weighted by atomic mass is 16.6. The highest BCUT2D eigenvalue weighted by Crippen LogP contribution is 2.29. The molecule has 224 valence electrons. The molecule has 0 radical (unpaired) electrons. The molecular formula is C27H42N10O4. The summed E-state index contributed by atoms with van der Waals surface area (Å²) in [6.07, 6.45) is 0. The summed E-state index contributed by atoms with van der Waals surface area (Å²) in [5.41, 5.74) is 7.45. The first-order valence-electron chi connectivity index (χ1n) is 14.1. The van der Waals surface area contributed by atoms with Gasteiger partial charge >= 0.3 is 0 Å². The first kappa shape index (κ1) is 30.9. The van der Waals surface area contributed by atoms with Gasteiger partial charge in [0.15, 0.2) is 0 Å². The predicted molar refractivity (Wildman–Crippen MR) is 157 cm³/mol. The van der Waals surface area contributed by atoms with Crippen molar-refractivity contribution in [2.75, 3.05) is 72.0 Å². The molecule has 2 saturated heterocycles. The summed E-state index contributed by atoms with van der Waals surface area (Å²) < 4.78 is 0. The number of hydrogen-bond acceptors (Lipinski definition) is 12. The second-order valence-electron chi connectivity index (χ2n) is 10.8. The van der Waals surface area contributed by atoms with Crippen LogP contribution in [-0.4, -0.2) is 97.9 Å². The normalized spacial score (nSPS) is 25.2. The van der Waals surface area contributed by atoms with Crippen molar-refractivity contribution in [2.24, 2.45) is 5.73 Å². The van der Waals surface area contributed by atoms with Crippen LogP contribution in [0.1, 0.15) is 11.1 Å². The van der Waals surface area contributed by atoms with Crippen molar-refractivity contribution in [3.63, 3.8) is 0 Å². The molecule has 2 fully saturated rings. The molecule has 0 aliphatic carbocycles. The minimum absolute atomic E-state index is 0.0827. The number of nitrogens with one attached hydrogen (secondary N) is 6. The number of nitro benzene ring substituents is 2. The fourth-order valence-electron chi connectivity index (χ4n) is 5.14. The van der Waals surface area contributed by atoms with Crippen LogP contribution in [0, 0.1) is 20.2 Å². The van der Waals surface area contributed by atoms with Gasteiger partial charge in [0.25, 0.3) is 11.4 Å². The molecule has 3 unspecified atom stereocenters. The highest BCUT2D eigenvalue weighted by molar-refractivity contribution is 5.33. The number of nitrogens with zero attached hydrogens (tertiary/aromatic N) is 3. The number of nitro groups is 2. The van der Waals surface area contributed by atoms with Crippen LogP contribution in [0.3, 0.4) is 0 Å². The lowest BCUT2D eigenvalue weighted by molar-refractivity contribution is -0.385. The monoisotopic (exact) mass is 570 g/mol. The second-order valence-corrected chi connectivity index (χ2v) is 10.8. The van der Waals surface area contributed by atoms with Crippen molar-refractivity contribution in [2.45, 2.75) is 24.3 Å². The molecule has 2 aliphatic heterocycles. The summed E-state index contributed by atoms with van der Waals surface area (Å²) in [6.45, 7) is 9.59. The Morgan fingerprint density at radius 3 is 1.90 bits per heavy atom. The van der Waals surface area contributed by atoms with E-state index >= 15 is 0 Å². The van der Waals surface area contributed by atoms with Crippen LogP contribution in [0.25, 0.3) is 0 Å². The molecule has 14 nitrogen and oxygen atoms in total. The van der Waals surface area contributed by atoms with Gasteiger partial charge in [-0.3, -0.25) is 30.4 Å². The van der Waals surface area contributed by atoms with Crippen LogP contribution in [0.15, 0.2) is 48.5 Å². The van der Waals surface area contributed by atoms with Crippen LogP contribution in [0.2, 0.25) is 0 Å². The quantitative estimate of drug-likeness (QED) is 0.0749. The smallest absolute Gasteiger partial charge is 0.269 e. The fourth-order valence-corrected chi connectivity index (χ4v) is 5.14. The van der Waals surface area contributed by atoms with Gasteiger partial charge in [0.2, 0.25) is 0 Å². The Morgan fingerprint density at radius 2 is 1.34 bits per heavy atom. The van der Waals surface area contributed by atoms with Crippen LogP contribution >= 0.6 is 0 Å². The lowest BCUT2D eigenvalue weighted by Crippen LogP contribution is -2.64. The molecule has 2 aromatic rings. The molecule has 2 aliphatic rings. The Kier molecular flexibility index (Phi) is 11.1. The van der Waals surface area contributed by atoms with Crippen molar-refractivity contribution in [3.8, 4) is 0 Å². The molecule has 3 atom stereocenters.